The van der Waals surface area contributed by atoms with Crippen molar-refractivity contribution in [1.29, 1.82) is 0 Å². The molecule has 0 saturated carbocycles. The van der Waals surface area contributed by atoms with Gasteiger partial charge in [-0.1, -0.05) is 30.9 Å². The summed E-state index contributed by atoms with van der Waals surface area (Å²) in [5, 5.41) is 23.8. The molecule has 1 aliphatic rings. The van der Waals surface area contributed by atoms with Crippen LogP contribution in [0.25, 0.3) is 0 Å². The minimum absolute atomic E-state index is 0.0231. The van der Waals surface area contributed by atoms with Crippen molar-refractivity contribution in [3.8, 4) is 34.8 Å². The number of nitrogens with zero attached hydrogens (tertiary/aromatic N) is 6. The summed E-state index contributed by atoms with van der Waals surface area (Å²) < 4.78 is 53.5. The number of amides is 2. The van der Waals surface area contributed by atoms with Gasteiger partial charge in [-0.05, 0) is 62.1 Å². The van der Waals surface area contributed by atoms with Crippen molar-refractivity contribution in [3.05, 3.63) is 117 Å². The first-order valence-electron chi connectivity index (χ1n) is 21.8. The number of nitrogens with two attached hydrogens (primary N) is 2. The molecule has 2 amide bonds. The number of benzene rings is 2. The van der Waals surface area contributed by atoms with E-state index in [1.165, 1.54) is 26.4 Å². The quantitative estimate of drug-likeness (QED) is 0.0347. The Bertz CT molecular complexity index is 2440. The van der Waals surface area contributed by atoms with E-state index in [9.17, 15) is 29.8 Å². The van der Waals surface area contributed by atoms with Gasteiger partial charge >= 0.3 is 23.6 Å². The van der Waals surface area contributed by atoms with Crippen molar-refractivity contribution in [2.75, 3.05) is 80.5 Å². The molecule has 374 valence electrons. The number of rotatable bonds is 16. The van der Waals surface area contributed by atoms with E-state index in [0.29, 0.717) is 53.6 Å². The number of hydrogen-bond acceptors (Lipinski definition) is 18. The van der Waals surface area contributed by atoms with Crippen molar-refractivity contribution >= 4 is 69.8 Å². The molecule has 0 aliphatic carbocycles. The normalized spacial score (nSPS) is 12.2. The summed E-state index contributed by atoms with van der Waals surface area (Å²) in [6, 6.07) is 12.7. The lowest BCUT2D eigenvalue weighted by molar-refractivity contribution is -0.383. The molecule has 4 N–H and O–H groups in total. The Morgan fingerprint density at radius 2 is 1.55 bits per heavy atom. The van der Waals surface area contributed by atoms with Gasteiger partial charge in [-0.15, -0.1) is 29.8 Å². The van der Waals surface area contributed by atoms with Crippen LogP contribution in [0.4, 0.5) is 44.0 Å². The zero-order valence-electron chi connectivity index (χ0n) is 40.4. The third-order valence-electron chi connectivity index (χ3n) is 8.89. The van der Waals surface area contributed by atoms with E-state index < -0.39 is 39.2 Å². The van der Waals surface area contributed by atoms with E-state index in [0.717, 1.165) is 9.80 Å². The maximum absolute atomic E-state index is 12.9. The lowest BCUT2D eigenvalue weighted by Crippen LogP contribution is -2.32. The minimum Gasteiger partial charge on any atom is -0.497 e. The van der Waals surface area contributed by atoms with Gasteiger partial charge in [0, 0.05) is 27.2 Å². The van der Waals surface area contributed by atoms with Crippen LogP contribution in [0.15, 0.2) is 86.0 Å². The van der Waals surface area contributed by atoms with Gasteiger partial charge in [-0.25, -0.2) is 9.59 Å². The van der Waals surface area contributed by atoms with Gasteiger partial charge in [-0.3, -0.25) is 30.0 Å². The van der Waals surface area contributed by atoms with Crippen LogP contribution in [-0.2, 0) is 22.6 Å². The molecule has 5 rings (SSSR count). The van der Waals surface area contributed by atoms with Crippen LogP contribution < -0.4 is 49.7 Å². The standard InChI is InChI=1S/C23H28N4O7.C21H24N4O7.CH2Cl2.H2/c1-5-8-10-34-20-14-19(21(27(29)30)22(24)25-20)26(23(28)32-7-3)15-16-11-17(31-4)13-18(12-16)33-9-6-2;1-3-30-21(26)24-13-14-9-15(29-2)11-16(10-14)31-7-5-4-6-8-32-18-12-17(24)19(25(27)28)20(22)23-18;2-1-3;/h5-6,11-14H,1-2,7-10,15H2,3-4H3,(H2,24,25);4-5,9-12H,3,6-8,13H2,1-2H3,(H2,22,23);1H2;1H/b;5-4+;;/i;;;1+1D. The number of carbonyl (C=O) groups excluding carboxylic acids is 2. The molecule has 2 aromatic carbocycles. The Morgan fingerprint density at radius 1 is 0.884 bits per heavy atom. The summed E-state index contributed by atoms with van der Waals surface area (Å²) in [6.07, 6.45) is 6.41. The minimum atomic E-state index is -0.815. The number of hydrogen-bond donors (Lipinski definition) is 2. The molecule has 0 radical (unpaired) electrons. The third kappa shape index (κ3) is 17.1. The fourth-order valence-electron chi connectivity index (χ4n) is 6.05. The number of anilines is 4. The summed E-state index contributed by atoms with van der Waals surface area (Å²) in [7, 11) is 2.99. The van der Waals surface area contributed by atoms with Crippen LogP contribution in [0.3, 0.4) is 0 Å². The van der Waals surface area contributed by atoms with Crippen molar-refractivity contribution in [2.24, 2.45) is 0 Å². The fourth-order valence-corrected chi connectivity index (χ4v) is 6.05. The first kappa shape index (κ1) is 53.9. The first-order valence-corrected chi connectivity index (χ1v) is 21.9. The van der Waals surface area contributed by atoms with Gasteiger partial charge in [0.05, 0.1) is 68.9 Å². The van der Waals surface area contributed by atoms with Crippen LogP contribution in [0, 0.1) is 20.2 Å². The number of pyridine rings is 2. The topological polar surface area (TPSA) is 279 Å². The molecule has 0 saturated heterocycles. The maximum atomic E-state index is 12.9. The summed E-state index contributed by atoms with van der Waals surface area (Å²) in [5.41, 5.74) is 11.6. The molecular weight excluding hydrogens is 947 g/mol. The summed E-state index contributed by atoms with van der Waals surface area (Å²) in [4.78, 5) is 58.1. The van der Waals surface area contributed by atoms with Crippen LogP contribution in [-0.4, -0.2) is 91.2 Å². The molecule has 1 aliphatic heterocycles. The largest absolute Gasteiger partial charge is 0.497 e. The van der Waals surface area contributed by atoms with E-state index in [4.69, 9.17) is 75.5 Å². The highest BCUT2D eigenvalue weighted by atomic mass is 35.5. The number of methoxy groups -OCH3 is 2. The molecule has 0 unspecified atom stereocenters. The highest BCUT2D eigenvalue weighted by Crippen LogP contribution is 2.39. The van der Waals surface area contributed by atoms with Crippen LogP contribution in [0.2, 0.25) is 0 Å². The second kappa shape index (κ2) is 29.1. The van der Waals surface area contributed by atoms with Crippen molar-refractivity contribution in [1.82, 2.24) is 9.97 Å². The average Bonchev–Trinajstić information content (AvgIpc) is 3.34. The van der Waals surface area contributed by atoms with Crippen LogP contribution >= 0.6 is 23.2 Å². The predicted octanol–water partition coefficient (Wildman–Crippen LogP) is 9.39. The van der Waals surface area contributed by atoms with E-state index in [-0.39, 0.29) is 80.4 Å². The Balaban J connectivity index is 0.000000447. The Hall–Kier alpha value is -7.72. The molecule has 3 heterocycles. The van der Waals surface area contributed by atoms with Crippen molar-refractivity contribution < 1.29 is 60.3 Å². The SMILES string of the molecule is C=CCCOc1cc(N(Cc2cc(OC)cc(OCC=C)c2)C(=O)OCC)c([N+](=O)[O-])c(N)n1.CCOC(=O)N1Cc2cc(OC)cc(c2)OC/C=C/CCOc2cc1c([N+](=O)[O-])c(N)n2.ClCCl.[2H][2H]. The van der Waals surface area contributed by atoms with E-state index >= 15 is 0 Å². The number of carbonyl (C=O) groups is 2. The molecule has 0 spiro atoms. The van der Waals surface area contributed by atoms with Crippen LogP contribution in [0.5, 0.6) is 34.8 Å². The number of fused-ring (bicyclic) bond motifs is 4. The molecule has 24 heteroatoms. The summed E-state index contributed by atoms with van der Waals surface area (Å²) in [5.74, 6) is 1.27. The highest BCUT2D eigenvalue weighted by Gasteiger charge is 2.32. The number of alkyl halides is 2. The average molecular weight is 1010 g/mol. The smallest absolute Gasteiger partial charge is 0.414 e. The molecule has 2 aromatic heterocycles. The van der Waals surface area contributed by atoms with E-state index in [1.807, 2.05) is 12.2 Å². The lowest BCUT2D eigenvalue weighted by Gasteiger charge is -2.23. The number of nitro groups is 2. The molecule has 22 nitrogen and oxygen atoms in total. The number of nitrogen functional groups attached to an aromatic ring is 2. The number of ether oxygens (including phenoxy) is 8. The van der Waals surface area contributed by atoms with Gasteiger partial charge < -0.3 is 49.4 Å². The fraction of sp³-hybridized carbons (Fsp3) is 0.333. The third-order valence-corrected chi connectivity index (χ3v) is 8.89. The monoisotopic (exact) mass is 1000 g/mol. The van der Waals surface area contributed by atoms with Gasteiger partial charge in [0.15, 0.2) is 0 Å². The highest BCUT2D eigenvalue weighted by molar-refractivity contribution is 6.40. The van der Waals surface area contributed by atoms with Crippen molar-refractivity contribution in [3.63, 3.8) is 0 Å². The molecular formula is C45H56Cl2N8O14. The summed E-state index contributed by atoms with van der Waals surface area (Å²) >= 11 is 9.53. The van der Waals surface area contributed by atoms with Gasteiger partial charge in [0.2, 0.25) is 23.4 Å². The molecule has 69 heavy (non-hydrogen) atoms. The predicted molar refractivity (Wildman–Crippen MR) is 262 cm³/mol. The first-order chi connectivity index (χ1) is 34.2. The van der Waals surface area contributed by atoms with Gasteiger partial charge in [-0.2, -0.15) is 9.97 Å². The molecule has 0 atom stereocenters. The Kier molecular flexibility index (Phi) is 22.7. The van der Waals surface area contributed by atoms with E-state index in [1.54, 1.807) is 62.4 Å². The van der Waals surface area contributed by atoms with Gasteiger partial charge in [0.25, 0.3) is 0 Å². The van der Waals surface area contributed by atoms with Crippen LogP contribution in [0.1, 0.15) is 40.8 Å². The number of halogens is 2. The molecule has 4 aromatic rings. The lowest BCUT2D eigenvalue weighted by atomic mass is 10.1. The second-order valence-corrected chi connectivity index (χ2v) is 14.4. The van der Waals surface area contributed by atoms with E-state index in [2.05, 4.69) is 23.1 Å². The summed E-state index contributed by atoms with van der Waals surface area (Å²) in [6.45, 7) is 11.5. The maximum Gasteiger partial charge on any atom is 0.414 e. The Labute approximate surface area is 411 Å². The Morgan fingerprint density at radius 3 is 2.19 bits per heavy atom. The van der Waals surface area contributed by atoms with Crippen molar-refractivity contribution in [2.45, 2.75) is 39.8 Å². The van der Waals surface area contributed by atoms with Gasteiger partial charge in [0.1, 0.15) is 47.6 Å². The molecule has 0 fully saturated rings. The zero-order valence-corrected chi connectivity index (χ0v) is 39.9. The zero-order chi connectivity index (χ0) is 52.9. The number of aromatic nitrogens is 2. The molecule has 4 bridgehead atoms. The second-order valence-electron chi connectivity index (χ2n) is 13.6.